The molecule has 1 aliphatic rings. The minimum absolute atomic E-state index is 0.183. The Kier molecular flexibility index (Phi) is 3.37. The second-order valence-corrected chi connectivity index (χ2v) is 3.61. The van der Waals surface area contributed by atoms with Crippen LogP contribution in [0.1, 0.15) is 18.5 Å². The van der Waals surface area contributed by atoms with Crippen LogP contribution >= 0.6 is 0 Å². The average Bonchev–Trinajstić information content (AvgIpc) is 2.76. The second kappa shape index (κ2) is 4.95. The third kappa shape index (κ3) is 2.27. The molecule has 0 saturated carbocycles. The molecular weight excluding hydrogens is 222 g/mol. The number of methoxy groups -OCH3 is 1. The molecular formula is C12H15NO4. The minimum Gasteiger partial charge on any atom is -0.492 e. The number of cyclic esters (lactones) is 1. The zero-order chi connectivity index (χ0) is 12.3. The van der Waals surface area contributed by atoms with Crippen molar-refractivity contribution in [3.63, 3.8) is 0 Å². The maximum atomic E-state index is 11.0. The maximum Gasteiger partial charge on any atom is 0.407 e. The highest BCUT2D eigenvalue weighted by atomic mass is 16.6. The molecule has 1 aromatic rings. The highest BCUT2D eigenvalue weighted by Crippen LogP contribution is 2.35. The summed E-state index contributed by atoms with van der Waals surface area (Å²) in [6.07, 6.45) is -0.404. The van der Waals surface area contributed by atoms with E-state index in [-0.39, 0.29) is 6.04 Å². The van der Waals surface area contributed by atoms with Gasteiger partial charge in [-0.05, 0) is 13.0 Å². The van der Waals surface area contributed by atoms with Gasteiger partial charge in [0, 0.05) is 5.56 Å². The summed E-state index contributed by atoms with van der Waals surface area (Å²) in [5, 5.41) is 2.72. The molecule has 1 heterocycles. The highest BCUT2D eigenvalue weighted by molar-refractivity contribution is 5.70. The number of nitrogens with one attached hydrogen (secondary N) is 1. The van der Waals surface area contributed by atoms with Crippen molar-refractivity contribution in [1.82, 2.24) is 5.32 Å². The molecule has 0 bridgehead atoms. The van der Waals surface area contributed by atoms with Gasteiger partial charge in [0.2, 0.25) is 0 Å². The molecule has 5 heteroatoms. The first-order valence-electron chi connectivity index (χ1n) is 5.49. The van der Waals surface area contributed by atoms with E-state index in [0.717, 1.165) is 5.56 Å². The van der Waals surface area contributed by atoms with Crippen LogP contribution in [0.25, 0.3) is 0 Å². The van der Waals surface area contributed by atoms with Crippen LogP contribution < -0.4 is 14.8 Å². The third-order valence-electron chi connectivity index (χ3n) is 2.56. The van der Waals surface area contributed by atoms with E-state index in [1.54, 1.807) is 7.11 Å². The molecule has 1 atom stereocenters. The number of alkyl carbamates (subject to hydrolysis) is 1. The van der Waals surface area contributed by atoms with Gasteiger partial charge in [0.05, 0.1) is 19.8 Å². The SMILES string of the molecule is CCOc1cccc(C2COC(=O)N2)c1OC. The summed E-state index contributed by atoms with van der Waals surface area (Å²) in [6.45, 7) is 2.78. The number of para-hydroxylation sites is 1. The molecule has 1 aromatic carbocycles. The monoisotopic (exact) mass is 237 g/mol. The van der Waals surface area contributed by atoms with Crippen LogP contribution in [0.15, 0.2) is 18.2 Å². The van der Waals surface area contributed by atoms with Crippen molar-refractivity contribution in [2.45, 2.75) is 13.0 Å². The zero-order valence-electron chi connectivity index (χ0n) is 9.86. The first-order chi connectivity index (χ1) is 8.26. The molecule has 0 spiro atoms. The molecule has 1 unspecified atom stereocenters. The van der Waals surface area contributed by atoms with E-state index in [0.29, 0.717) is 24.7 Å². The number of benzene rings is 1. The molecule has 2 rings (SSSR count). The van der Waals surface area contributed by atoms with Crippen molar-refractivity contribution in [2.24, 2.45) is 0 Å². The summed E-state index contributed by atoms with van der Waals surface area (Å²) in [5.41, 5.74) is 0.865. The van der Waals surface area contributed by atoms with E-state index in [4.69, 9.17) is 14.2 Å². The Bertz CT molecular complexity index is 419. The van der Waals surface area contributed by atoms with E-state index in [1.807, 2.05) is 25.1 Å². The third-order valence-corrected chi connectivity index (χ3v) is 2.56. The second-order valence-electron chi connectivity index (χ2n) is 3.61. The standard InChI is InChI=1S/C12H15NO4/c1-3-16-10-6-4-5-8(11(10)15-2)9-7-17-12(14)13-9/h4-6,9H,3,7H2,1-2H3,(H,13,14). The molecule has 92 valence electrons. The van der Waals surface area contributed by atoms with Gasteiger partial charge in [-0.25, -0.2) is 4.79 Å². The molecule has 1 N–H and O–H groups in total. The fourth-order valence-corrected chi connectivity index (χ4v) is 1.85. The predicted molar refractivity (Wildman–Crippen MR) is 61.4 cm³/mol. The van der Waals surface area contributed by atoms with Gasteiger partial charge in [-0.1, -0.05) is 12.1 Å². The average molecular weight is 237 g/mol. The molecule has 0 aliphatic carbocycles. The Labute approximate surface area is 99.7 Å². The number of carbonyl (C=O) groups is 1. The fourth-order valence-electron chi connectivity index (χ4n) is 1.85. The van der Waals surface area contributed by atoms with Gasteiger partial charge in [-0.15, -0.1) is 0 Å². The molecule has 1 aliphatic heterocycles. The van der Waals surface area contributed by atoms with Crippen LogP contribution in [0.3, 0.4) is 0 Å². The number of rotatable bonds is 4. The summed E-state index contributed by atoms with van der Waals surface area (Å²) in [6, 6.07) is 5.41. The summed E-state index contributed by atoms with van der Waals surface area (Å²) in [4.78, 5) is 11.0. The van der Waals surface area contributed by atoms with Crippen LogP contribution in [-0.2, 0) is 4.74 Å². The number of hydrogen-bond acceptors (Lipinski definition) is 4. The Morgan fingerprint density at radius 2 is 2.35 bits per heavy atom. The fraction of sp³-hybridized carbons (Fsp3) is 0.417. The molecule has 5 nitrogen and oxygen atoms in total. The van der Waals surface area contributed by atoms with E-state index < -0.39 is 6.09 Å². The van der Waals surface area contributed by atoms with Crippen LogP contribution in [0.5, 0.6) is 11.5 Å². The van der Waals surface area contributed by atoms with Crippen LogP contribution in [0, 0.1) is 0 Å². The molecule has 1 amide bonds. The van der Waals surface area contributed by atoms with Crippen molar-refractivity contribution in [1.29, 1.82) is 0 Å². The van der Waals surface area contributed by atoms with E-state index in [2.05, 4.69) is 5.32 Å². The number of amides is 1. The van der Waals surface area contributed by atoms with Crippen LogP contribution in [0.4, 0.5) is 4.79 Å². The van der Waals surface area contributed by atoms with Crippen LogP contribution in [0.2, 0.25) is 0 Å². The summed E-state index contributed by atoms with van der Waals surface area (Å²) in [7, 11) is 1.58. The lowest BCUT2D eigenvalue weighted by Crippen LogP contribution is -2.19. The molecule has 1 saturated heterocycles. The van der Waals surface area contributed by atoms with E-state index in [1.165, 1.54) is 0 Å². The minimum atomic E-state index is -0.404. The summed E-state index contributed by atoms with van der Waals surface area (Å²) in [5.74, 6) is 1.32. The van der Waals surface area contributed by atoms with Crippen molar-refractivity contribution in [3.8, 4) is 11.5 Å². The molecule has 0 aromatic heterocycles. The Balaban J connectivity index is 2.32. The van der Waals surface area contributed by atoms with Gasteiger partial charge >= 0.3 is 6.09 Å². The molecule has 17 heavy (non-hydrogen) atoms. The van der Waals surface area contributed by atoms with Gasteiger partial charge in [-0.2, -0.15) is 0 Å². The normalized spacial score (nSPS) is 18.5. The topological polar surface area (TPSA) is 56.8 Å². The Morgan fingerprint density at radius 1 is 1.53 bits per heavy atom. The molecule has 0 radical (unpaired) electrons. The number of carbonyl (C=O) groups excluding carboxylic acids is 1. The number of hydrogen-bond donors (Lipinski definition) is 1. The molecule has 1 fully saturated rings. The quantitative estimate of drug-likeness (QED) is 0.868. The maximum absolute atomic E-state index is 11.0. The van der Waals surface area contributed by atoms with Gasteiger partial charge < -0.3 is 19.5 Å². The van der Waals surface area contributed by atoms with Gasteiger partial charge in [0.15, 0.2) is 11.5 Å². The zero-order valence-corrected chi connectivity index (χ0v) is 9.86. The van der Waals surface area contributed by atoms with Gasteiger partial charge in [-0.3, -0.25) is 0 Å². The van der Waals surface area contributed by atoms with Crippen LogP contribution in [-0.4, -0.2) is 26.4 Å². The van der Waals surface area contributed by atoms with Crippen molar-refractivity contribution >= 4 is 6.09 Å². The lowest BCUT2D eigenvalue weighted by atomic mass is 10.1. The van der Waals surface area contributed by atoms with Crippen molar-refractivity contribution in [3.05, 3.63) is 23.8 Å². The first kappa shape index (κ1) is 11.6. The summed E-state index contributed by atoms with van der Waals surface area (Å²) >= 11 is 0. The lowest BCUT2D eigenvalue weighted by Gasteiger charge is -2.16. The smallest absolute Gasteiger partial charge is 0.407 e. The number of ether oxygens (including phenoxy) is 3. The first-order valence-corrected chi connectivity index (χ1v) is 5.49. The van der Waals surface area contributed by atoms with Gasteiger partial charge in [0.1, 0.15) is 6.61 Å². The lowest BCUT2D eigenvalue weighted by molar-refractivity contribution is 0.176. The Morgan fingerprint density at radius 3 is 2.94 bits per heavy atom. The van der Waals surface area contributed by atoms with Crippen molar-refractivity contribution < 1.29 is 19.0 Å². The Hall–Kier alpha value is -1.91. The largest absolute Gasteiger partial charge is 0.492 e. The van der Waals surface area contributed by atoms with E-state index in [9.17, 15) is 4.79 Å². The van der Waals surface area contributed by atoms with Crippen molar-refractivity contribution in [2.75, 3.05) is 20.3 Å². The highest BCUT2D eigenvalue weighted by Gasteiger charge is 2.27. The predicted octanol–water partition coefficient (Wildman–Crippen LogP) is 1.87. The van der Waals surface area contributed by atoms with Gasteiger partial charge in [0.25, 0.3) is 0 Å². The van der Waals surface area contributed by atoms with E-state index >= 15 is 0 Å². The summed E-state index contributed by atoms with van der Waals surface area (Å²) < 4.78 is 15.7.